The second kappa shape index (κ2) is 4.26. The summed E-state index contributed by atoms with van der Waals surface area (Å²) in [7, 11) is 0. The van der Waals surface area contributed by atoms with E-state index in [0.717, 1.165) is 0 Å². The first-order valence-electron chi connectivity index (χ1n) is 7.33. The monoisotopic (exact) mass is 347 g/mol. The highest BCUT2D eigenvalue weighted by molar-refractivity contribution is 6.55. The predicted octanol–water partition coefficient (Wildman–Crippen LogP) is -3.16. The van der Waals surface area contributed by atoms with Crippen LogP contribution in [0.15, 0.2) is 10.2 Å². The van der Waals surface area contributed by atoms with Gasteiger partial charge in [-0.15, -0.1) is 30.6 Å². The van der Waals surface area contributed by atoms with Gasteiger partial charge in [0.2, 0.25) is 0 Å². The second-order valence-corrected chi connectivity index (χ2v) is 5.60. The molecular formula is C11H5N15. The molecule has 2 N–H and O–H groups in total. The van der Waals surface area contributed by atoms with E-state index in [-0.39, 0.29) is 0 Å². The van der Waals surface area contributed by atoms with Crippen LogP contribution in [-0.2, 0) is 5.41 Å². The van der Waals surface area contributed by atoms with Gasteiger partial charge >= 0.3 is 0 Å². The van der Waals surface area contributed by atoms with E-state index < -0.39 is 5.41 Å². The lowest BCUT2D eigenvalue weighted by Gasteiger charge is -2.23. The largest absolute Gasteiger partial charge is 0.227 e. The summed E-state index contributed by atoms with van der Waals surface area (Å²) in [5.41, 5.74) is 7.44. The maximum atomic E-state index is 4.48. The van der Waals surface area contributed by atoms with E-state index in [0.29, 0.717) is 51.4 Å². The first kappa shape index (κ1) is 13.2. The molecule has 0 unspecified atom stereocenters. The van der Waals surface area contributed by atoms with Gasteiger partial charge in [-0.05, 0) is 27.8 Å². The number of fused-ring (bicyclic) bond motifs is 10. The zero-order valence-corrected chi connectivity index (χ0v) is 12.8. The summed E-state index contributed by atoms with van der Waals surface area (Å²) in [6, 6.07) is 0. The summed E-state index contributed by atoms with van der Waals surface area (Å²) < 4.78 is 0. The summed E-state index contributed by atoms with van der Waals surface area (Å²) in [6.45, 7) is 1.73. The van der Waals surface area contributed by atoms with Crippen molar-refractivity contribution in [2.24, 2.45) is 10.2 Å². The molecule has 15 heteroatoms. The number of hydrogen-bond acceptors (Lipinski definition) is 15. The van der Waals surface area contributed by atoms with Crippen LogP contribution in [0.25, 0.3) is 11.4 Å². The number of hydrogen-bond donors (Lipinski definition) is 2. The van der Waals surface area contributed by atoms with Crippen molar-refractivity contribution in [1.82, 2.24) is 67.5 Å². The van der Waals surface area contributed by atoms with Gasteiger partial charge in [-0.3, -0.25) is 0 Å². The summed E-state index contributed by atoms with van der Waals surface area (Å²) >= 11 is 0. The third-order valence-corrected chi connectivity index (χ3v) is 4.38. The molecule has 15 nitrogen and oxygen atoms in total. The molecule has 1 aliphatic heterocycles. The van der Waals surface area contributed by atoms with E-state index in [9.17, 15) is 0 Å². The Kier molecular flexibility index (Phi) is 2.16. The van der Waals surface area contributed by atoms with Crippen LogP contribution in [-0.4, -0.2) is 67.9 Å². The summed E-state index contributed by atoms with van der Waals surface area (Å²) in [5, 5.41) is 48.1. The van der Waals surface area contributed by atoms with Crippen LogP contribution in [0.3, 0.4) is 0 Å². The molecule has 0 aromatic carbocycles. The van der Waals surface area contributed by atoms with E-state index in [1.807, 2.05) is 0 Å². The lowest BCUT2D eigenvalue weighted by atomic mass is 9.80. The molecule has 26 heavy (non-hydrogen) atoms. The molecule has 3 aromatic rings. The lowest BCUT2D eigenvalue weighted by Crippen LogP contribution is -2.43. The quantitative estimate of drug-likeness (QED) is 0.414. The van der Waals surface area contributed by atoms with Crippen molar-refractivity contribution in [3.8, 4) is 11.4 Å². The van der Waals surface area contributed by atoms with Crippen LogP contribution in [0.1, 0.15) is 28.6 Å². The van der Waals surface area contributed by atoms with Crippen molar-refractivity contribution in [3.05, 3.63) is 28.6 Å². The van der Waals surface area contributed by atoms with E-state index in [1.54, 1.807) is 6.92 Å². The third kappa shape index (κ3) is 1.29. The van der Waals surface area contributed by atoms with E-state index in [2.05, 4.69) is 77.7 Å². The van der Waals surface area contributed by atoms with Crippen LogP contribution in [0.4, 0.5) is 0 Å². The standard InChI is InChI=1S/C11H5N15/c1-2-12-3-4-8(18-24-21-14-4)11(7(3)17-13-2)9-5(15-22-25-19-9)6-10(11)20-26-23-16-6/h21,24H,1H3. The second-order valence-electron chi connectivity index (χ2n) is 5.60. The number of nitrogens with zero attached hydrogens (tertiary/aromatic N) is 13. The number of rotatable bonds is 0. The zero-order chi connectivity index (χ0) is 17.3. The maximum absolute atomic E-state index is 4.48. The van der Waals surface area contributed by atoms with Gasteiger partial charge < -0.3 is 0 Å². The third-order valence-electron chi connectivity index (χ3n) is 4.38. The van der Waals surface area contributed by atoms with Crippen molar-refractivity contribution in [3.63, 3.8) is 0 Å². The molecule has 3 aliphatic rings. The zero-order valence-electron chi connectivity index (χ0n) is 12.8. The molecule has 0 saturated heterocycles. The first-order valence-corrected chi connectivity index (χ1v) is 7.33. The Morgan fingerprint density at radius 3 is 2.00 bits per heavy atom. The molecule has 124 valence electrons. The molecule has 4 heterocycles. The van der Waals surface area contributed by atoms with Crippen molar-refractivity contribution >= 4 is 11.4 Å². The molecule has 1 spiro atoms. The minimum absolute atomic E-state index is 0.369. The molecule has 3 aromatic heterocycles. The first-order chi connectivity index (χ1) is 12.8. The topological polar surface area (TPSA) is 191 Å². The average molecular weight is 347 g/mol. The molecular weight excluding hydrogens is 342 g/mol. The fraction of sp³-hybridized carbons (Fsp3) is 0.182. The summed E-state index contributed by atoms with van der Waals surface area (Å²) in [5.74, 6) is 0.484. The van der Waals surface area contributed by atoms with Gasteiger partial charge in [-0.25, -0.2) is 16.1 Å². The van der Waals surface area contributed by atoms with Gasteiger partial charge in [0.25, 0.3) is 0 Å². The minimum Gasteiger partial charge on any atom is -0.227 e. The lowest BCUT2D eigenvalue weighted by molar-refractivity contribution is 0.569. The highest BCUT2D eigenvalue weighted by Gasteiger charge is 2.63. The SMILES string of the molecule is Cc1nnc2c(n1)C1=NNNN=C1C21c2nnnnc2-c2nnnnc21. The van der Waals surface area contributed by atoms with Crippen LogP contribution >= 0.6 is 0 Å². The Morgan fingerprint density at radius 1 is 0.654 bits per heavy atom. The molecule has 0 fully saturated rings. The van der Waals surface area contributed by atoms with Gasteiger partial charge in [0.05, 0.1) is 0 Å². The molecule has 0 radical (unpaired) electrons. The summed E-state index contributed by atoms with van der Waals surface area (Å²) in [6.07, 6.45) is 0. The van der Waals surface area contributed by atoms with Crippen molar-refractivity contribution in [1.29, 1.82) is 0 Å². The number of hydrazine groups is 1. The van der Waals surface area contributed by atoms with E-state index in [4.69, 9.17) is 0 Å². The van der Waals surface area contributed by atoms with Gasteiger partial charge in [-0.2, -0.15) is 10.2 Å². The smallest absolute Gasteiger partial charge is 0.155 e. The number of nitrogens with one attached hydrogen (secondary N) is 2. The normalized spacial score (nSPS) is 17.3. The Bertz CT molecular complexity index is 1120. The maximum Gasteiger partial charge on any atom is 0.155 e. The average Bonchev–Trinajstić information content (AvgIpc) is 3.15. The van der Waals surface area contributed by atoms with E-state index in [1.165, 1.54) is 0 Å². The van der Waals surface area contributed by atoms with E-state index >= 15 is 0 Å². The highest BCUT2D eigenvalue weighted by Crippen LogP contribution is 2.52. The summed E-state index contributed by atoms with van der Waals surface area (Å²) in [4.78, 5) is 4.48. The van der Waals surface area contributed by atoms with Crippen LogP contribution in [0, 0.1) is 6.92 Å². The molecule has 0 saturated carbocycles. The Balaban J connectivity index is 1.83. The molecule has 6 rings (SSSR count). The van der Waals surface area contributed by atoms with Gasteiger partial charge in [0, 0.05) is 0 Å². The number of hydrazone groups is 2. The Labute approximate surface area is 142 Å². The number of aryl methyl sites for hydroxylation is 1. The van der Waals surface area contributed by atoms with Gasteiger partial charge in [-0.1, -0.05) is 0 Å². The Hall–Kier alpha value is -4.17. The molecule has 0 bridgehead atoms. The molecule has 0 atom stereocenters. The van der Waals surface area contributed by atoms with Crippen LogP contribution in [0.5, 0.6) is 0 Å². The molecule has 0 amide bonds. The van der Waals surface area contributed by atoms with Crippen LogP contribution in [0.2, 0.25) is 0 Å². The number of aromatic nitrogens is 11. The fourth-order valence-electron chi connectivity index (χ4n) is 3.46. The van der Waals surface area contributed by atoms with Crippen LogP contribution < -0.4 is 11.1 Å². The van der Waals surface area contributed by atoms with Crippen molar-refractivity contribution < 1.29 is 0 Å². The van der Waals surface area contributed by atoms with Crippen molar-refractivity contribution in [2.45, 2.75) is 12.3 Å². The highest BCUT2D eigenvalue weighted by atomic mass is 15.7. The van der Waals surface area contributed by atoms with Gasteiger partial charge in [0.1, 0.15) is 51.4 Å². The minimum atomic E-state index is -1.20. The van der Waals surface area contributed by atoms with Gasteiger partial charge in [0.15, 0.2) is 5.41 Å². The molecule has 2 aliphatic carbocycles. The Morgan fingerprint density at radius 2 is 1.27 bits per heavy atom. The predicted molar refractivity (Wildman–Crippen MR) is 78.9 cm³/mol. The van der Waals surface area contributed by atoms with Crippen molar-refractivity contribution in [2.75, 3.05) is 0 Å². The fourth-order valence-corrected chi connectivity index (χ4v) is 3.46.